The zero-order valence-corrected chi connectivity index (χ0v) is 10.3. The fourth-order valence-corrected chi connectivity index (χ4v) is 1.57. The third-order valence-corrected chi connectivity index (χ3v) is 2.60. The first kappa shape index (κ1) is 12.5. The smallest absolute Gasteiger partial charge is 0.315 e. The molecule has 0 unspecified atom stereocenters. The van der Waals surface area contributed by atoms with E-state index in [0.717, 1.165) is 19.3 Å². The number of hydrogen-bond donors (Lipinski definition) is 1. The second kappa shape index (κ2) is 6.14. The van der Waals surface area contributed by atoms with Gasteiger partial charge in [-0.2, -0.15) is 0 Å². The van der Waals surface area contributed by atoms with Crippen molar-refractivity contribution in [1.29, 1.82) is 0 Å². The second-order valence-corrected chi connectivity index (χ2v) is 4.05. The summed E-state index contributed by atoms with van der Waals surface area (Å²) < 4.78 is 18.7. The Balaban J connectivity index is 1.90. The summed E-state index contributed by atoms with van der Waals surface area (Å²) >= 11 is 0. The first-order valence-corrected chi connectivity index (χ1v) is 6.09. The van der Waals surface area contributed by atoms with Crippen LogP contribution < -0.4 is 5.32 Å². The van der Waals surface area contributed by atoms with Crippen molar-refractivity contribution < 1.29 is 8.81 Å². The fraction of sp³-hybridized carbons (Fsp3) is 0.385. The fourth-order valence-electron chi connectivity index (χ4n) is 1.57. The minimum atomic E-state index is -0.240. The van der Waals surface area contributed by atoms with E-state index in [2.05, 4.69) is 22.4 Å². The third kappa shape index (κ3) is 3.29. The molecule has 0 saturated carbocycles. The largest absolute Gasteiger partial charge is 0.408 e. The Kier molecular flexibility index (Phi) is 4.28. The van der Waals surface area contributed by atoms with Crippen molar-refractivity contribution >= 4 is 6.01 Å². The standard InChI is InChI=1S/C13H16FN3O/c1-2-3-8-12-16-17-13(18-12)15-9-10-6-4-5-7-11(10)14/h4-7H,2-3,8-9H2,1H3,(H,15,17). The van der Waals surface area contributed by atoms with Gasteiger partial charge in [0.25, 0.3) is 0 Å². The zero-order valence-electron chi connectivity index (χ0n) is 10.3. The Morgan fingerprint density at radius 2 is 2.11 bits per heavy atom. The summed E-state index contributed by atoms with van der Waals surface area (Å²) in [5.41, 5.74) is 0.575. The predicted octanol–water partition coefficient (Wildman–Crippen LogP) is 3.16. The molecular weight excluding hydrogens is 233 g/mol. The van der Waals surface area contributed by atoms with Gasteiger partial charge in [-0.05, 0) is 12.5 Å². The lowest BCUT2D eigenvalue weighted by Crippen LogP contribution is -2.01. The molecule has 2 aromatic rings. The van der Waals surface area contributed by atoms with Gasteiger partial charge in [0.2, 0.25) is 5.89 Å². The van der Waals surface area contributed by atoms with Crippen LogP contribution in [0.5, 0.6) is 0 Å². The molecule has 0 atom stereocenters. The van der Waals surface area contributed by atoms with Crippen molar-refractivity contribution in [2.45, 2.75) is 32.7 Å². The van der Waals surface area contributed by atoms with E-state index in [1.54, 1.807) is 18.2 Å². The molecule has 2 rings (SSSR count). The Morgan fingerprint density at radius 1 is 1.28 bits per heavy atom. The van der Waals surface area contributed by atoms with Gasteiger partial charge in [-0.15, -0.1) is 5.10 Å². The highest BCUT2D eigenvalue weighted by Crippen LogP contribution is 2.11. The highest BCUT2D eigenvalue weighted by Gasteiger charge is 2.06. The first-order valence-electron chi connectivity index (χ1n) is 6.09. The summed E-state index contributed by atoms with van der Waals surface area (Å²) in [6.07, 6.45) is 2.89. The number of aromatic nitrogens is 2. The summed E-state index contributed by atoms with van der Waals surface area (Å²) in [5, 5.41) is 10.7. The molecule has 0 aliphatic carbocycles. The number of rotatable bonds is 6. The van der Waals surface area contributed by atoms with Crippen LogP contribution in [0.15, 0.2) is 28.7 Å². The van der Waals surface area contributed by atoms with Crippen LogP contribution in [0.2, 0.25) is 0 Å². The van der Waals surface area contributed by atoms with Crippen molar-refractivity contribution in [1.82, 2.24) is 10.2 Å². The molecule has 1 aromatic heterocycles. The molecule has 0 fully saturated rings. The van der Waals surface area contributed by atoms with Gasteiger partial charge in [0.15, 0.2) is 0 Å². The molecule has 1 N–H and O–H groups in total. The molecule has 0 bridgehead atoms. The highest BCUT2D eigenvalue weighted by molar-refractivity contribution is 5.24. The zero-order chi connectivity index (χ0) is 12.8. The van der Waals surface area contributed by atoms with Crippen molar-refractivity contribution in [3.8, 4) is 0 Å². The minimum absolute atomic E-state index is 0.240. The van der Waals surface area contributed by atoms with E-state index in [0.29, 0.717) is 24.0 Å². The summed E-state index contributed by atoms with van der Waals surface area (Å²) in [6, 6.07) is 6.94. The van der Waals surface area contributed by atoms with Crippen molar-refractivity contribution in [2.24, 2.45) is 0 Å². The Labute approximate surface area is 105 Å². The molecule has 1 heterocycles. The van der Waals surface area contributed by atoms with Gasteiger partial charge in [0.1, 0.15) is 5.82 Å². The lowest BCUT2D eigenvalue weighted by molar-refractivity contribution is 0.494. The molecule has 0 aliphatic heterocycles. The van der Waals surface area contributed by atoms with Crippen molar-refractivity contribution in [3.63, 3.8) is 0 Å². The maximum Gasteiger partial charge on any atom is 0.315 e. The monoisotopic (exact) mass is 249 g/mol. The van der Waals surface area contributed by atoms with Crippen LogP contribution in [0.1, 0.15) is 31.2 Å². The second-order valence-electron chi connectivity index (χ2n) is 4.05. The molecule has 0 spiro atoms. The molecule has 0 radical (unpaired) electrons. The minimum Gasteiger partial charge on any atom is -0.408 e. The van der Waals surface area contributed by atoms with Crippen LogP contribution >= 0.6 is 0 Å². The summed E-state index contributed by atoms with van der Waals surface area (Å²) in [7, 11) is 0. The maximum atomic E-state index is 13.4. The lowest BCUT2D eigenvalue weighted by atomic mass is 10.2. The summed E-state index contributed by atoms with van der Waals surface area (Å²) in [4.78, 5) is 0. The number of hydrogen-bond acceptors (Lipinski definition) is 4. The summed E-state index contributed by atoms with van der Waals surface area (Å²) in [5.74, 6) is 0.378. The van der Waals surface area contributed by atoms with Crippen LogP contribution in [-0.2, 0) is 13.0 Å². The molecule has 0 aliphatic rings. The van der Waals surface area contributed by atoms with Gasteiger partial charge in [0.05, 0.1) is 0 Å². The maximum absolute atomic E-state index is 13.4. The molecule has 18 heavy (non-hydrogen) atoms. The Bertz CT molecular complexity index is 498. The van der Waals surface area contributed by atoms with Crippen LogP contribution in [-0.4, -0.2) is 10.2 Å². The van der Waals surface area contributed by atoms with Crippen molar-refractivity contribution in [2.75, 3.05) is 5.32 Å². The Hall–Kier alpha value is -1.91. The van der Waals surface area contributed by atoms with Crippen molar-refractivity contribution in [3.05, 3.63) is 41.5 Å². The molecule has 0 amide bonds. The number of benzene rings is 1. The third-order valence-electron chi connectivity index (χ3n) is 2.60. The number of nitrogens with zero attached hydrogens (tertiary/aromatic N) is 2. The molecule has 0 saturated heterocycles. The van der Waals surface area contributed by atoms with E-state index in [4.69, 9.17) is 4.42 Å². The van der Waals surface area contributed by atoms with Gasteiger partial charge < -0.3 is 9.73 Å². The molecule has 96 valence electrons. The lowest BCUT2D eigenvalue weighted by Gasteiger charge is -2.02. The quantitative estimate of drug-likeness (QED) is 0.854. The number of anilines is 1. The van der Waals surface area contributed by atoms with E-state index < -0.39 is 0 Å². The summed E-state index contributed by atoms with van der Waals surface area (Å²) in [6.45, 7) is 2.44. The molecular formula is C13H16FN3O. The van der Waals surface area contributed by atoms with Gasteiger partial charge in [0, 0.05) is 18.5 Å². The van der Waals surface area contributed by atoms with Gasteiger partial charge in [-0.1, -0.05) is 36.6 Å². The van der Waals surface area contributed by atoms with Gasteiger partial charge in [-0.3, -0.25) is 0 Å². The van der Waals surface area contributed by atoms with Gasteiger partial charge >= 0.3 is 6.01 Å². The topological polar surface area (TPSA) is 51.0 Å². The van der Waals surface area contributed by atoms with Crippen LogP contribution in [0.4, 0.5) is 10.4 Å². The average molecular weight is 249 g/mol. The van der Waals surface area contributed by atoms with E-state index >= 15 is 0 Å². The van der Waals surface area contributed by atoms with E-state index in [1.807, 2.05) is 0 Å². The average Bonchev–Trinajstić information content (AvgIpc) is 2.83. The predicted molar refractivity (Wildman–Crippen MR) is 66.6 cm³/mol. The van der Waals surface area contributed by atoms with Crippen LogP contribution in [0.3, 0.4) is 0 Å². The highest BCUT2D eigenvalue weighted by atomic mass is 19.1. The molecule has 1 aromatic carbocycles. The van der Waals surface area contributed by atoms with E-state index in [9.17, 15) is 4.39 Å². The number of aryl methyl sites for hydroxylation is 1. The van der Waals surface area contributed by atoms with Crippen LogP contribution in [0.25, 0.3) is 0 Å². The van der Waals surface area contributed by atoms with Crippen LogP contribution in [0, 0.1) is 5.82 Å². The Morgan fingerprint density at radius 3 is 2.89 bits per heavy atom. The molecule has 5 heteroatoms. The van der Waals surface area contributed by atoms with E-state index in [-0.39, 0.29) is 5.82 Å². The normalized spacial score (nSPS) is 10.6. The number of unbranched alkanes of at least 4 members (excludes halogenated alkanes) is 1. The van der Waals surface area contributed by atoms with Gasteiger partial charge in [-0.25, -0.2) is 4.39 Å². The molecule has 4 nitrogen and oxygen atoms in total. The number of nitrogens with one attached hydrogen (secondary N) is 1. The number of halogens is 1. The first-order chi connectivity index (χ1) is 8.79. The van der Waals surface area contributed by atoms with E-state index in [1.165, 1.54) is 6.07 Å². The SMILES string of the molecule is CCCCc1nnc(NCc2ccccc2F)o1.